The molecule has 0 unspecified atom stereocenters. The molecule has 0 aliphatic carbocycles. The minimum atomic E-state index is -0.826. The minimum Gasteiger partial charge on any atom is -0.481 e. The third kappa shape index (κ3) is 6.76. The summed E-state index contributed by atoms with van der Waals surface area (Å²) < 4.78 is 0. The summed E-state index contributed by atoms with van der Waals surface area (Å²) in [6.45, 7) is 4.35. The van der Waals surface area contributed by atoms with E-state index in [9.17, 15) is 9.59 Å². The van der Waals surface area contributed by atoms with Crippen LogP contribution in [0.3, 0.4) is 0 Å². The van der Waals surface area contributed by atoms with Crippen LogP contribution in [0.15, 0.2) is 5.38 Å². The van der Waals surface area contributed by atoms with Crippen LogP contribution in [0.25, 0.3) is 0 Å². The third-order valence-corrected chi connectivity index (χ3v) is 3.07. The summed E-state index contributed by atoms with van der Waals surface area (Å²) in [5.41, 5.74) is 0.765. The van der Waals surface area contributed by atoms with Gasteiger partial charge in [0, 0.05) is 30.8 Å². The van der Waals surface area contributed by atoms with E-state index < -0.39 is 5.97 Å². The van der Waals surface area contributed by atoms with Gasteiger partial charge in [-0.2, -0.15) is 0 Å². The second-order valence-electron chi connectivity index (χ2n) is 4.44. The lowest BCUT2D eigenvalue weighted by atomic mass is 10.2. The molecule has 0 saturated carbocycles. The van der Waals surface area contributed by atoms with Crippen molar-refractivity contribution in [2.75, 3.05) is 11.9 Å². The van der Waals surface area contributed by atoms with Crippen LogP contribution >= 0.6 is 11.3 Å². The summed E-state index contributed by atoms with van der Waals surface area (Å²) >= 11 is 1.42. The van der Waals surface area contributed by atoms with Crippen molar-refractivity contribution in [2.45, 2.75) is 39.2 Å². The van der Waals surface area contributed by atoms with E-state index in [1.54, 1.807) is 0 Å². The van der Waals surface area contributed by atoms with Crippen LogP contribution in [-0.2, 0) is 16.0 Å². The largest absolute Gasteiger partial charge is 0.481 e. The Balaban J connectivity index is 2.26. The number of carboxylic acids is 1. The Morgan fingerprint density at radius 1 is 1.42 bits per heavy atom. The van der Waals surface area contributed by atoms with Gasteiger partial charge in [0.15, 0.2) is 5.13 Å². The quantitative estimate of drug-likeness (QED) is 0.673. The molecule has 0 saturated heterocycles. The summed E-state index contributed by atoms with van der Waals surface area (Å²) in [7, 11) is 0. The van der Waals surface area contributed by atoms with E-state index in [-0.39, 0.29) is 18.4 Å². The van der Waals surface area contributed by atoms with Gasteiger partial charge < -0.3 is 15.7 Å². The molecule has 7 heteroatoms. The number of anilines is 1. The number of carbonyl (C=O) groups is 2. The van der Waals surface area contributed by atoms with Crippen LogP contribution in [0.2, 0.25) is 0 Å². The summed E-state index contributed by atoms with van der Waals surface area (Å²) in [4.78, 5) is 26.1. The first-order valence-electron chi connectivity index (χ1n) is 6.17. The Labute approximate surface area is 116 Å². The van der Waals surface area contributed by atoms with Crippen molar-refractivity contribution in [3.05, 3.63) is 11.1 Å². The van der Waals surface area contributed by atoms with Crippen molar-refractivity contribution in [3.63, 3.8) is 0 Å². The van der Waals surface area contributed by atoms with E-state index in [1.165, 1.54) is 11.3 Å². The van der Waals surface area contributed by atoms with Gasteiger partial charge in [0.1, 0.15) is 0 Å². The van der Waals surface area contributed by atoms with Gasteiger partial charge in [-0.1, -0.05) is 0 Å². The number of aromatic nitrogens is 1. The molecule has 1 aromatic rings. The summed E-state index contributed by atoms with van der Waals surface area (Å²) in [5.74, 6) is -0.821. The van der Waals surface area contributed by atoms with Gasteiger partial charge in [0.25, 0.3) is 0 Å². The molecule has 0 aromatic carbocycles. The molecule has 19 heavy (non-hydrogen) atoms. The van der Waals surface area contributed by atoms with Crippen LogP contribution in [0, 0.1) is 0 Å². The van der Waals surface area contributed by atoms with Crippen molar-refractivity contribution in [1.82, 2.24) is 10.3 Å². The predicted molar refractivity (Wildman–Crippen MR) is 74.5 cm³/mol. The van der Waals surface area contributed by atoms with Gasteiger partial charge in [-0.25, -0.2) is 4.98 Å². The predicted octanol–water partition coefficient (Wildman–Crippen LogP) is 1.49. The van der Waals surface area contributed by atoms with Crippen LogP contribution in [0.4, 0.5) is 5.13 Å². The lowest BCUT2D eigenvalue weighted by molar-refractivity contribution is -0.137. The van der Waals surface area contributed by atoms with E-state index in [2.05, 4.69) is 15.6 Å². The van der Waals surface area contributed by atoms with E-state index in [4.69, 9.17) is 5.11 Å². The van der Waals surface area contributed by atoms with E-state index in [1.807, 2.05) is 19.2 Å². The average Bonchev–Trinajstić information content (AvgIpc) is 2.73. The van der Waals surface area contributed by atoms with Crippen molar-refractivity contribution >= 4 is 28.3 Å². The van der Waals surface area contributed by atoms with E-state index in [0.29, 0.717) is 19.4 Å². The number of carbonyl (C=O) groups excluding carboxylic acids is 1. The van der Waals surface area contributed by atoms with Crippen molar-refractivity contribution in [1.29, 1.82) is 0 Å². The molecule has 0 radical (unpaired) electrons. The number of carboxylic acid groups (broad SMARTS) is 1. The Hall–Kier alpha value is -1.63. The number of aliphatic carboxylic acids is 1. The fraction of sp³-hybridized carbons (Fsp3) is 0.583. The molecule has 6 nitrogen and oxygen atoms in total. The monoisotopic (exact) mass is 285 g/mol. The Morgan fingerprint density at radius 3 is 2.79 bits per heavy atom. The lowest BCUT2D eigenvalue weighted by Crippen LogP contribution is -2.31. The highest BCUT2D eigenvalue weighted by molar-refractivity contribution is 7.13. The fourth-order valence-electron chi connectivity index (χ4n) is 1.42. The summed E-state index contributed by atoms with van der Waals surface area (Å²) in [5, 5.41) is 17.0. The molecule has 0 atom stereocenters. The Bertz CT molecular complexity index is 432. The zero-order valence-electron chi connectivity index (χ0n) is 11.1. The van der Waals surface area contributed by atoms with Gasteiger partial charge in [-0.3, -0.25) is 9.59 Å². The number of nitrogens with one attached hydrogen (secondary N) is 2. The van der Waals surface area contributed by atoms with Gasteiger partial charge in [-0.05, 0) is 13.8 Å². The maximum absolute atomic E-state index is 11.4. The number of thiazole rings is 1. The number of rotatable bonds is 8. The van der Waals surface area contributed by atoms with Gasteiger partial charge >= 0.3 is 5.97 Å². The average molecular weight is 285 g/mol. The first-order valence-corrected chi connectivity index (χ1v) is 7.04. The standard InChI is InChI=1S/C12H19N3O3S/c1-8(2)14-10(16)5-6-13-12-15-9(7-19-12)3-4-11(17)18/h7-8H,3-6H2,1-2H3,(H,13,15)(H,14,16)(H,17,18). The second-order valence-corrected chi connectivity index (χ2v) is 5.29. The fourth-order valence-corrected chi connectivity index (χ4v) is 2.19. The molecule has 0 aliphatic heterocycles. The van der Waals surface area contributed by atoms with Gasteiger partial charge in [0.05, 0.1) is 12.1 Å². The smallest absolute Gasteiger partial charge is 0.303 e. The third-order valence-electron chi connectivity index (χ3n) is 2.22. The summed E-state index contributed by atoms with van der Waals surface area (Å²) in [6.07, 6.45) is 0.906. The van der Waals surface area contributed by atoms with E-state index in [0.717, 1.165) is 10.8 Å². The molecule has 1 heterocycles. The maximum atomic E-state index is 11.4. The molecule has 0 bridgehead atoms. The molecule has 3 N–H and O–H groups in total. The minimum absolute atomic E-state index is 0.00477. The SMILES string of the molecule is CC(C)NC(=O)CCNc1nc(CCC(=O)O)cs1. The van der Waals surface area contributed by atoms with Crippen LogP contribution in [-0.4, -0.2) is 34.6 Å². The first kappa shape index (κ1) is 15.4. The molecule has 106 valence electrons. The Kier molecular flexibility index (Phi) is 6.27. The molecular weight excluding hydrogens is 266 g/mol. The first-order chi connectivity index (χ1) is 8.97. The number of hydrogen-bond donors (Lipinski definition) is 3. The number of hydrogen-bond acceptors (Lipinski definition) is 5. The van der Waals surface area contributed by atoms with E-state index >= 15 is 0 Å². The van der Waals surface area contributed by atoms with Crippen LogP contribution < -0.4 is 10.6 Å². The molecule has 0 fully saturated rings. The zero-order valence-corrected chi connectivity index (χ0v) is 11.9. The molecule has 1 amide bonds. The number of aryl methyl sites for hydroxylation is 1. The van der Waals surface area contributed by atoms with Crippen LogP contribution in [0.1, 0.15) is 32.4 Å². The number of amides is 1. The molecule has 0 spiro atoms. The number of nitrogens with zero attached hydrogens (tertiary/aromatic N) is 1. The lowest BCUT2D eigenvalue weighted by Gasteiger charge is -2.08. The maximum Gasteiger partial charge on any atom is 0.303 e. The highest BCUT2D eigenvalue weighted by atomic mass is 32.1. The molecule has 0 aliphatic rings. The van der Waals surface area contributed by atoms with Crippen LogP contribution in [0.5, 0.6) is 0 Å². The normalized spacial score (nSPS) is 10.5. The highest BCUT2D eigenvalue weighted by Crippen LogP contribution is 2.16. The second kappa shape index (κ2) is 7.73. The van der Waals surface area contributed by atoms with Crippen molar-refractivity contribution in [2.24, 2.45) is 0 Å². The molecular formula is C12H19N3O3S. The molecule has 1 aromatic heterocycles. The van der Waals surface area contributed by atoms with Crippen molar-refractivity contribution in [3.8, 4) is 0 Å². The summed E-state index contributed by atoms with van der Waals surface area (Å²) in [6, 6.07) is 0.148. The topological polar surface area (TPSA) is 91.3 Å². The van der Waals surface area contributed by atoms with Gasteiger partial charge in [-0.15, -0.1) is 11.3 Å². The highest BCUT2D eigenvalue weighted by Gasteiger charge is 2.06. The molecule has 1 rings (SSSR count). The van der Waals surface area contributed by atoms with Gasteiger partial charge in [0.2, 0.25) is 5.91 Å². The zero-order chi connectivity index (χ0) is 14.3. The van der Waals surface area contributed by atoms with Crippen molar-refractivity contribution < 1.29 is 14.7 Å². The Morgan fingerprint density at radius 2 is 2.16 bits per heavy atom.